The van der Waals surface area contributed by atoms with Crippen LogP contribution in [0.3, 0.4) is 0 Å². The zero-order valence-electron chi connectivity index (χ0n) is 16.2. The highest BCUT2D eigenvalue weighted by Gasteiger charge is 2.24. The van der Waals surface area contributed by atoms with Crippen molar-refractivity contribution in [3.63, 3.8) is 0 Å². The first kappa shape index (κ1) is 21.7. The smallest absolute Gasteiger partial charge is 0.307 e. The van der Waals surface area contributed by atoms with Crippen LogP contribution in [0.4, 0.5) is 0 Å². The van der Waals surface area contributed by atoms with Crippen LogP contribution in [0.25, 0.3) is 0 Å². The van der Waals surface area contributed by atoms with E-state index in [1.54, 1.807) is 50.4 Å². The average Bonchev–Trinajstić information content (AvgIpc) is 2.68. The van der Waals surface area contributed by atoms with Gasteiger partial charge in [-0.15, -0.1) is 0 Å². The van der Waals surface area contributed by atoms with E-state index in [1.807, 2.05) is 6.92 Å². The van der Waals surface area contributed by atoms with Crippen LogP contribution in [0.5, 0.6) is 11.5 Å². The maximum absolute atomic E-state index is 12.8. The summed E-state index contributed by atoms with van der Waals surface area (Å²) in [6.07, 6.45) is -0.129. The van der Waals surface area contributed by atoms with Gasteiger partial charge in [-0.05, 0) is 55.8 Å². The van der Waals surface area contributed by atoms with Crippen LogP contribution in [-0.2, 0) is 19.6 Å². The molecule has 0 aliphatic rings. The molecule has 2 aromatic carbocycles. The van der Waals surface area contributed by atoms with E-state index in [9.17, 15) is 13.2 Å². The minimum atomic E-state index is -3.86. The van der Waals surface area contributed by atoms with E-state index in [1.165, 1.54) is 12.1 Å². The van der Waals surface area contributed by atoms with E-state index in [0.29, 0.717) is 23.7 Å². The molecule has 0 saturated carbocycles. The summed E-state index contributed by atoms with van der Waals surface area (Å²) >= 11 is 0. The number of sulfonamides is 1. The van der Waals surface area contributed by atoms with Crippen LogP contribution in [0, 0.1) is 0 Å². The Labute approximate surface area is 165 Å². The first-order valence-corrected chi connectivity index (χ1v) is 10.4. The molecule has 2 rings (SSSR count). The number of nitrogens with one attached hydrogen (secondary N) is 1. The van der Waals surface area contributed by atoms with Crippen molar-refractivity contribution < 1.29 is 27.4 Å². The SMILES string of the molecule is CCOC(=O)C[C@@H](NS(=O)(=O)c1ccc(OCC)cc1)c1ccc(OC)cc1. The molecule has 1 N–H and O–H groups in total. The lowest BCUT2D eigenvalue weighted by Gasteiger charge is -2.19. The number of ether oxygens (including phenoxy) is 3. The number of carbonyl (C=O) groups is 1. The van der Waals surface area contributed by atoms with Gasteiger partial charge in [-0.2, -0.15) is 0 Å². The fraction of sp³-hybridized carbons (Fsp3) is 0.350. The summed E-state index contributed by atoms with van der Waals surface area (Å²) in [6, 6.07) is 12.2. The van der Waals surface area contributed by atoms with Crippen LogP contribution < -0.4 is 14.2 Å². The molecule has 152 valence electrons. The number of rotatable bonds is 10. The summed E-state index contributed by atoms with van der Waals surface area (Å²) in [5.74, 6) is 0.727. The Hall–Kier alpha value is -2.58. The molecule has 28 heavy (non-hydrogen) atoms. The summed E-state index contributed by atoms with van der Waals surface area (Å²) in [5.41, 5.74) is 0.628. The highest BCUT2D eigenvalue weighted by Crippen LogP contribution is 2.24. The number of carbonyl (C=O) groups excluding carboxylic acids is 1. The second-order valence-corrected chi connectivity index (χ2v) is 7.57. The van der Waals surface area contributed by atoms with Gasteiger partial charge in [0, 0.05) is 0 Å². The molecule has 0 aliphatic heterocycles. The highest BCUT2D eigenvalue weighted by molar-refractivity contribution is 7.89. The molecular formula is C20H25NO6S. The molecule has 0 heterocycles. The van der Waals surface area contributed by atoms with E-state index in [-0.39, 0.29) is 17.9 Å². The first-order valence-electron chi connectivity index (χ1n) is 8.94. The second kappa shape index (κ2) is 10.1. The number of benzene rings is 2. The van der Waals surface area contributed by atoms with Crippen molar-refractivity contribution >= 4 is 16.0 Å². The zero-order valence-corrected chi connectivity index (χ0v) is 17.0. The van der Waals surface area contributed by atoms with Gasteiger partial charge in [0.2, 0.25) is 10.0 Å². The maximum atomic E-state index is 12.8. The van der Waals surface area contributed by atoms with Crippen molar-refractivity contribution in [3.05, 3.63) is 54.1 Å². The Morgan fingerprint density at radius 2 is 1.57 bits per heavy atom. The van der Waals surface area contributed by atoms with Crippen LogP contribution >= 0.6 is 0 Å². The Morgan fingerprint density at radius 1 is 0.964 bits per heavy atom. The van der Waals surface area contributed by atoms with Gasteiger partial charge in [0.05, 0.1) is 37.7 Å². The lowest BCUT2D eigenvalue weighted by atomic mass is 10.0. The molecule has 8 heteroatoms. The van der Waals surface area contributed by atoms with E-state index in [4.69, 9.17) is 14.2 Å². The van der Waals surface area contributed by atoms with Crippen LogP contribution in [0.2, 0.25) is 0 Å². The van der Waals surface area contributed by atoms with Gasteiger partial charge in [0.15, 0.2) is 0 Å². The van der Waals surface area contributed by atoms with Gasteiger partial charge in [-0.1, -0.05) is 12.1 Å². The number of esters is 1. The van der Waals surface area contributed by atoms with Gasteiger partial charge in [-0.25, -0.2) is 13.1 Å². The third kappa shape index (κ3) is 5.97. The van der Waals surface area contributed by atoms with Gasteiger partial charge in [0.25, 0.3) is 0 Å². The molecule has 7 nitrogen and oxygen atoms in total. The molecule has 0 amide bonds. The fourth-order valence-corrected chi connectivity index (χ4v) is 3.81. The molecular weight excluding hydrogens is 382 g/mol. The molecule has 1 atom stereocenters. The monoisotopic (exact) mass is 407 g/mol. The highest BCUT2D eigenvalue weighted by atomic mass is 32.2. The summed E-state index contributed by atoms with van der Waals surface area (Å²) < 4.78 is 43.7. The zero-order chi connectivity index (χ0) is 20.6. The third-order valence-electron chi connectivity index (χ3n) is 3.94. The molecule has 0 unspecified atom stereocenters. The first-order chi connectivity index (χ1) is 13.4. The molecule has 0 bridgehead atoms. The molecule has 0 radical (unpaired) electrons. The minimum absolute atomic E-state index is 0.0818. The number of hydrogen-bond donors (Lipinski definition) is 1. The quantitative estimate of drug-likeness (QED) is 0.609. The predicted molar refractivity (Wildman–Crippen MR) is 105 cm³/mol. The van der Waals surface area contributed by atoms with Crippen LogP contribution in [0.1, 0.15) is 31.9 Å². The number of methoxy groups -OCH3 is 1. The average molecular weight is 407 g/mol. The lowest BCUT2D eigenvalue weighted by Crippen LogP contribution is -2.30. The molecule has 2 aromatic rings. The number of hydrogen-bond acceptors (Lipinski definition) is 6. The molecule has 0 spiro atoms. The van der Waals surface area contributed by atoms with Gasteiger partial charge in [0.1, 0.15) is 11.5 Å². The largest absolute Gasteiger partial charge is 0.497 e. The van der Waals surface area contributed by atoms with E-state index >= 15 is 0 Å². The lowest BCUT2D eigenvalue weighted by molar-refractivity contribution is -0.143. The summed E-state index contributed by atoms with van der Waals surface area (Å²) in [7, 11) is -2.32. The van der Waals surface area contributed by atoms with E-state index in [0.717, 1.165) is 0 Å². The minimum Gasteiger partial charge on any atom is -0.497 e. The third-order valence-corrected chi connectivity index (χ3v) is 5.42. The Balaban J connectivity index is 2.27. The van der Waals surface area contributed by atoms with Gasteiger partial charge >= 0.3 is 5.97 Å². The van der Waals surface area contributed by atoms with Crippen molar-refractivity contribution in [1.82, 2.24) is 4.72 Å². The van der Waals surface area contributed by atoms with Crippen molar-refractivity contribution in [2.45, 2.75) is 31.2 Å². The predicted octanol–water partition coefficient (Wildman–Crippen LogP) is 3.07. The van der Waals surface area contributed by atoms with E-state index < -0.39 is 22.0 Å². The van der Waals surface area contributed by atoms with Crippen molar-refractivity contribution in [2.24, 2.45) is 0 Å². The topological polar surface area (TPSA) is 90.9 Å². The Bertz CT molecular complexity index is 863. The normalized spacial score (nSPS) is 12.2. The molecule has 0 fully saturated rings. The second-order valence-electron chi connectivity index (χ2n) is 5.86. The fourth-order valence-electron chi connectivity index (χ4n) is 2.59. The molecule has 0 aliphatic carbocycles. The van der Waals surface area contributed by atoms with Crippen molar-refractivity contribution in [1.29, 1.82) is 0 Å². The molecule has 0 aromatic heterocycles. The van der Waals surface area contributed by atoms with Crippen molar-refractivity contribution in [2.75, 3.05) is 20.3 Å². The Kier molecular flexibility index (Phi) is 7.83. The van der Waals surface area contributed by atoms with Crippen LogP contribution in [-0.4, -0.2) is 34.7 Å². The summed E-state index contributed by atoms with van der Waals surface area (Å²) in [5, 5.41) is 0. The summed E-state index contributed by atoms with van der Waals surface area (Å²) in [4.78, 5) is 12.1. The van der Waals surface area contributed by atoms with Gasteiger partial charge < -0.3 is 14.2 Å². The standard InChI is InChI=1S/C20H25NO6S/c1-4-26-17-10-12-18(13-11-17)28(23,24)21-19(14-20(22)27-5-2)15-6-8-16(25-3)9-7-15/h6-13,19,21H,4-5,14H2,1-3H3/t19-/m1/s1. The van der Waals surface area contributed by atoms with Crippen molar-refractivity contribution in [3.8, 4) is 11.5 Å². The maximum Gasteiger partial charge on any atom is 0.307 e. The summed E-state index contributed by atoms with van der Waals surface area (Å²) in [6.45, 7) is 4.26. The van der Waals surface area contributed by atoms with E-state index in [2.05, 4.69) is 4.72 Å². The molecule has 0 saturated heterocycles. The van der Waals surface area contributed by atoms with Gasteiger partial charge in [-0.3, -0.25) is 4.79 Å². The van der Waals surface area contributed by atoms with Crippen LogP contribution in [0.15, 0.2) is 53.4 Å². The Morgan fingerprint density at radius 3 is 2.11 bits per heavy atom.